The topological polar surface area (TPSA) is 0 Å². The molecule has 0 heterocycles. The van der Waals surface area contributed by atoms with E-state index in [-0.39, 0.29) is 6.42 Å². The van der Waals surface area contributed by atoms with Crippen molar-refractivity contribution in [3.05, 3.63) is 0 Å². The molecule has 0 radical (unpaired) electrons. The Hall–Kier alpha value is -0.140. The maximum absolute atomic E-state index is 11.5. The highest BCUT2D eigenvalue weighted by Crippen LogP contribution is 2.07. The van der Waals surface area contributed by atoms with Gasteiger partial charge < -0.3 is 0 Å². The molecule has 0 bridgehead atoms. The van der Waals surface area contributed by atoms with Gasteiger partial charge in [-0.25, -0.2) is 8.78 Å². The number of hydrogen-bond acceptors (Lipinski definition) is 0. The normalized spacial score (nSPS) is 10.7. The minimum Gasteiger partial charge on any atom is -0.211 e. The van der Waals surface area contributed by atoms with Crippen molar-refractivity contribution < 1.29 is 8.78 Å². The van der Waals surface area contributed by atoms with Crippen LogP contribution in [-0.2, 0) is 0 Å². The minimum absolute atomic E-state index is 0.0833. The number of halogens is 2. The second kappa shape index (κ2) is 5.99. The van der Waals surface area contributed by atoms with Gasteiger partial charge in [0.05, 0.1) is 0 Å². The summed E-state index contributed by atoms with van der Waals surface area (Å²) in [4.78, 5) is 0. The molecule has 0 fully saturated rings. The van der Waals surface area contributed by atoms with Gasteiger partial charge in [-0.3, -0.25) is 0 Å². The van der Waals surface area contributed by atoms with Crippen molar-refractivity contribution in [2.75, 3.05) is 0 Å². The van der Waals surface area contributed by atoms with Gasteiger partial charge in [0.25, 0.3) is 0 Å². The zero-order chi connectivity index (χ0) is 7.11. The molecule has 0 saturated heterocycles. The first-order valence-corrected chi connectivity index (χ1v) is 3.55. The van der Waals surface area contributed by atoms with Crippen LogP contribution < -0.4 is 0 Å². The Labute approximate surface area is 55.3 Å². The van der Waals surface area contributed by atoms with Gasteiger partial charge in [-0.1, -0.05) is 26.2 Å². The van der Waals surface area contributed by atoms with E-state index in [4.69, 9.17) is 0 Å². The van der Waals surface area contributed by atoms with E-state index in [0.717, 1.165) is 19.3 Å². The predicted octanol–water partition coefficient (Wildman–Crippen LogP) is 3.22. The van der Waals surface area contributed by atoms with Crippen molar-refractivity contribution in [2.24, 2.45) is 0 Å². The molecular weight excluding hydrogens is 122 g/mol. The quantitative estimate of drug-likeness (QED) is 0.509. The SMILES string of the molecule is CCCCCCC(F)F. The molecular formula is C7H14F2. The molecule has 0 atom stereocenters. The van der Waals surface area contributed by atoms with Gasteiger partial charge in [-0.05, 0) is 6.42 Å². The third-order valence-electron chi connectivity index (χ3n) is 1.28. The predicted molar refractivity (Wildman–Crippen MR) is 34.8 cm³/mol. The van der Waals surface area contributed by atoms with Crippen LogP contribution in [0.4, 0.5) is 8.78 Å². The molecule has 0 aliphatic heterocycles. The zero-order valence-electron chi connectivity index (χ0n) is 5.87. The Morgan fingerprint density at radius 3 is 2.22 bits per heavy atom. The summed E-state index contributed by atoms with van der Waals surface area (Å²) in [5, 5.41) is 0. The summed E-state index contributed by atoms with van der Waals surface area (Å²) in [6.45, 7) is 2.07. The van der Waals surface area contributed by atoms with Crippen LogP contribution >= 0.6 is 0 Å². The van der Waals surface area contributed by atoms with E-state index >= 15 is 0 Å². The first-order valence-electron chi connectivity index (χ1n) is 3.55. The second-order valence-electron chi connectivity index (χ2n) is 2.24. The third kappa shape index (κ3) is 7.86. The van der Waals surface area contributed by atoms with Gasteiger partial charge >= 0.3 is 0 Å². The molecule has 0 unspecified atom stereocenters. The first-order chi connectivity index (χ1) is 4.27. The Bertz CT molecular complexity index is 52.9. The lowest BCUT2D eigenvalue weighted by Crippen LogP contribution is -1.88. The van der Waals surface area contributed by atoms with E-state index in [9.17, 15) is 8.78 Å². The van der Waals surface area contributed by atoms with Crippen LogP contribution in [-0.4, -0.2) is 6.43 Å². The summed E-state index contributed by atoms with van der Waals surface area (Å²) in [5.74, 6) is 0. The highest BCUT2D eigenvalue weighted by molar-refractivity contribution is 4.43. The Morgan fingerprint density at radius 2 is 1.78 bits per heavy atom. The number of alkyl halides is 2. The van der Waals surface area contributed by atoms with Gasteiger partial charge in [-0.15, -0.1) is 0 Å². The maximum Gasteiger partial charge on any atom is 0.238 e. The monoisotopic (exact) mass is 136 g/mol. The molecule has 0 amide bonds. The first kappa shape index (κ1) is 8.86. The summed E-state index contributed by atoms with van der Waals surface area (Å²) < 4.78 is 22.9. The number of unbranched alkanes of at least 4 members (excludes halogenated alkanes) is 3. The Morgan fingerprint density at radius 1 is 1.11 bits per heavy atom. The van der Waals surface area contributed by atoms with Crippen molar-refractivity contribution in [3.8, 4) is 0 Å². The lowest BCUT2D eigenvalue weighted by molar-refractivity contribution is 0.134. The van der Waals surface area contributed by atoms with Gasteiger partial charge in [0, 0.05) is 6.42 Å². The second-order valence-corrected chi connectivity index (χ2v) is 2.24. The lowest BCUT2D eigenvalue weighted by Gasteiger charge is -1.96. The molecule has 0 spiro atoms. The van der Waals surface area contributed by atoms with E-state index in [1.165, 1.54) is 0 Å². The molecule has 9 heavy (non-hydrogen) atoms. The standard InChI is InChI=1S/C7H14F2/c1-2-3-4-5-6-7(8)9/h7H,2-6H2,1H3. The molecule has 2 heteroatoms. The van der Waals surface area contributed by atoms with Crippen LogP contribution in [0.25, 0.3) is 0 Å². The molecule has 0 aromatic rings. The molecule has 0 aliphatic carbocycles. The Kier molecular flexibility index (Phi) is 5.89. The molecule has 0 aromatic carbocycles. The van der Waals surface area contributed by atoms with Crippen molar-refractivity contribution in [1.29, 1.82) is 0 Å². The summed E-state index contributed by atoms with van der Waals surface area (Å²) in [6.07, 6.45) is 1.84. The molecule has 0 aliphatic rings. The fraction of sp³-hybridized carbons (Fsp3) is 1.00. The number of hydrogen-bond donors (Lipinski definition) is 0. The maximum atomic E-state index is 11.5. The van der Waals surface area contributed by atoms with Crippen LogP contribution in [0.3, 0.4) is 0 Å². The highest BCUT2D eigenvalue weighted by atomic mass is 19.3. The fourth-order valence-corrected chi connectivity index (χ4v) is 0.725. The molecule has 56 valence electrons. The van der Waals surface area contributed by atoms with Gasteiger partial charge in [0.1, 0.15) is 0 Å². The third-order valence-corrected chi connectivity index (χ3v) is 1.28. The Balaban J connectivity index is 2.75. The summed E-state index contributed by atoms with van der Waals surface area (Å²) >= 11 is 0. The van der Waals surface area contributed by atoms with Gasteiger partial charge in [-0.2, -0.15) is 0 Å². The minimum atomic E-state index is -2.10. The van der Waals surface area contributed by atoms with Crippen LogP contribution in [0.1, 0.15) is 39.0 Å². The van der Waals surface area contributed by atoms with Gasteiger partial charge in [0.15, 0.2) is 0 Å². The summed E-state index contributed by atoms with van der Waals surface area (Å²) in [6, 6.07) is 0. The van der Waals surface area contributed by atoms with E-state index in [1.807, 2.05) is 0 Å². The molecule has 0 N–H and O–H groups in total. The lowest BCUT2D eigenvalue weighted by atomic mass is 10.2. The van der Waals surface area contributed by atoms with Crippen molar-refractivity contribution >= 4 is 0 Å². The molecule has 0 saturated carbocycles. The molecule has 0 aromatic heterocycles. The fourth-order valence-electron chi connectivity index (χ4n) is 0.725. The van der Waals surface area contributed by atoms with Crippen molar-refractivity contribution in [3.63, 3.8) is 0 Å². The van der Waals surface area contributed by atoms with Gasteiger partial charge in [0.2, 0.25) is 6.43 Å². The largest absolute Gasteiger partial charge is 0.238 e. The summed E-state index contributed by atoms with van der Waals surface area (Å²) in [7, 11) is 0. The van der Waals surface area contributed by atoms with Crippen LogP contribution in [0.15, 0.2) is 0 Å². The zero-order valence-corrected chi connectivity index (χ0v) is 5.87. The number of rotatable bonds is 5. The average molecular weight is 136 g/mol. The smallest absolute Gasteiger partial charge is 0.211 e. The van der Waals surface area contributed by atoms with Crippen LogP contribution in [0.2, 0.25) is 0 Å². The van der Waals surface area contributed by atoms with Crippen molar-refractivity contribution in [2.45, 2.75) is 45.5 Å². The van der Waals surface area contributed by atoms with Crippen LogP contribution in [0.5, 0.6) is 0 Å². The van der Waals surface area contributed by atoms with E-state index in [1.54, 1.807) is 0 Å². The van der Waals surface area contributed by atoms with Crippen LogP contribution in [0, 0.1) is 0 Å². The summed E-state index contributed by atoms with van der Waals surface area (Å²) in [5.41, 5.74) is 0. The molecule has 0 nitrogen and oxygen atoms in total. The van der Waals surface area contributed by atoms with Crippen molar-refractivity contribution in [1.82, 2.24) is 0 Å². The molecule has 0 rings (SSSR count). The van der Waals surface area contributed by atoms with E-state index in [2.05, 4.69) is 6.92 Å². The highest BCUT2D eigenvalue weighted by Gasteiger charge is 1.99. The van der Waals surface area contributed by atoms with E-state index in [0.29, 0.717) is 6.42 Å². The van der Waals surface area contributed by atoms with E-state index < -0.39 is 6.43 Å². The average Bonchev–Trinajstić information content (AvgIpc) is 1.80.